The highest BCUT2D eigenvalue weighted by Crippen LogP contribution is 2.40. The van der Waals surface area contributed by atoms with E-state index in [1.54, 1.807) is 0 Å². The molecule has 27 heavy (non-hydrogen) atoms. The van der Waals surface area contributed by atoms with Crippen molar-refractivity contribution in [1.82, 2.24) is 19.6 Å². The lowest BCUT2D eigenvalue weighted by Crippen LogP contribution is -2.46. The number of carbonyl (C=O) groups is 1. The van der Waals surface area contributed by atoms with Gasteiger partial charge < -0.3 is 5.32 Å². The summed E-state index contributed by atoms with van der Waals surface area (Å²) in [5, 5.41) is 4.07. The van der Waals surface area contributed by atoms with E-state index in [-0.39, 0.29) is 11.9 Å². The van der Waals surface area contributed by atoms with Crippen molar-refractivity contribution in [2.45, 2.75) is 51.5 Å². The number of sulfonamides is 1. The van der Waals surface area contributed by atoms with Gasteiger partial charge in [0.15, 0.2) is 0 Å². The van der Waals surface area contributed by atoms with Crippen LogP contribution < -0.4 is 5.32 Å². The van der Waals surface area contributed by atoms with Crippen LogP contribution >= 0.6 is 11.3 Å². The SMILES string of the molecule is Cc1nc(C2CC2)nc2sc(C(=O)NC3CCN(S(C)(=O)=O)CC3)c(C)c12. The second kappa shape index (κ2) is 6.79. The van der Waals surface area contributed by atoms with Gasteiger partial charge in [-0.15, -0.1) is 11.3 Å². The van der Waals surface area contributed by atoms with Crippen molar-refractivity contribution < 1.29 is 13.2 Å². The van der Waals surface area contributed by atoms with Gasteiger partial charge in [-0.3, -0.25) is 4.79 Å². The molecule has 2 fully saturated rings. The van der Waals surface area contributed by atoms with Gasteiger partial charge in [0.1, 0.15) is 10.7 Å². The van der Waals surface area contributed by atoms with Crippen LogP contribution in [0.5, 0.6) is 0 Å². The number of nitrogens with zero attached hydrogens (tertiary/aromatic N) is 3. The van der Waals surface area contributed by atoms with Crippen LogP contribution in [0.3, 0.4) is 0 Å². The maximum Gasteiger partial charge on any atom is 0.261 e. The van der Waals surface area contributed by atoms with Gasteiger partial charge in [0.25, 0.3) is 5.91 Å². The van der Waals surface area contributed by atoms with E-state index in [2.05, 4.69) is 10.3 Å². The third-order valence-electron chi connectivity index (χ3n) is 5.40. The van der Waals surface area contributed by atoms with Crippen molar-refractivity contribution in [2.24, 2.45) is 0 Å². The Hall–Kier alpha value is -1.58. The van der Waals surface area contributed by atoms with Gasteiger partial charge in [0, 0.05) is 30.4 Å². The normalized spacial score (nSPS) is 19.5. The first-order chi connectivity index (χ1) is 12.7. The predicted molar refractivity (Wildman–Crippen MR) is 106 cm³/mol. The number of thiophene rings is 1. The molecule has 0 aromatic carbocycles. The Morgan fingerprint density at radius 2 is 1.81 bits per heavy atom. The van der Waals surface area contributed by atoms with Crippen LogP contribution in [0.15, 0.2) is 0 Å². The largest absolute Gasteiger partial charge is 0.349 e. The first-order valence-corrected chi connectivity index (χ1v) is 11.9. The lowest BCUT2D eigenvalue weighted by atomic mass is 10.1. The van der Waals surface area contributed by atoms with Crippen LogP contribution in [0.2, 0.25) is 0 Å². The molecule has 2 aliphatic rings. The molecule has 1 saturated heterocycles. The first kappa shape index (κ1) is 18.8. The number of rotatable bonds is 4. The van der Waals surface area contributed by atoms with Gasteiger partial charge in [0.2, 0.25) is 10.0 Å². The average Bonchev–Trinajstić information content (AvgIpc) is 3.38. The number of amides is 1. The van der Waals surface area contributed by atoms with Gasteiger partial charge in [-0.05, 0) is 45.1 Å². The van der Waals surface area contributed by atoms with Gasteiger partial charge in [-0.1, -0.05) is 0 Å². The van der Waals surface area contributed by atoms with E-state index in [1.807, 2.05) is 13.8 Å². The summed E-state index contributed by atoms with van der Waals surface area (Å²) in [5.74, 6) is 1.29. The fraction of sp³-hybridized carbons (Fsp3) is 0.611. The van der Waals surface area contributed by atoms with Gasteiger partial charge >= 0.3 is 0 Å². The lowest BCUT2D eigenvalue weighted by molar-refractivity contribution is 0.0927. The molecular weight excluding hydrogens is 384 g/mol. The molecule has 1 amide bonds. The second-order valence-corrected chi connectivity index (χ2v) is 10.6. The molecule has 2 aromatic rings. The molecule has 1 aliphatic carbocycles. The molecule has 1 aliphatic heterocycles. The highest BCUT2D eigenvalue weighted by molar-refractivity contribution is 7.88. The molecule has 1 N–H and O–H groups in total. The van der Waals surface area contributed by atoms with E-state index in [9.17, 15) is 13.2 Å². The fourth-order valence-corrected chi connectivity index (χ4v) is 5.70. The number of piperidine rings is 1. The summed E-state index contributed by atoms with van der Waals surface area (Å²) in [7, 11) is -3.16. The number of fused-ring (bicyclic) bond motifs is 1. The summed E-state index contributed by atoms with van der Waals surface area (Å²) in [6, 6.07) is -0.00526. The molecule has 0 radical (unpaired) electrons. The number of nitrogens with one attached hydrogen (secondary N) is 1. The standard InChI is InChI=1S/C18H24N4O3S2/c1-10-14-11(2)19-16(12-4-5-12)21-18(14)26-15(10)17(23)20-13-6-8-22(9-7-13)27(3,24)25/h12-13H,4-9H2,1-3H3,(H,20,23). The molecule has 1 saturated carbocycles. The Kier molecular flexibility index (Phi) is 4.72. The minimum Gasteiger partial charge on any atom is -0.349 e. The van der Waals surface area contributed by atoms with E-state index in [0.717, 1.165) is 40.1 Å². The third-order valence-corrected chi connectivity index (χ3v) is 7.88. The van der Waals surface area contributed by atoms with Crippen molar-refractivity contribution in [3.8, 4) is 0 Å². The van der Waals surface area contributed by atoms with Crippen LogP contribution in [-0.4, -0.2) is 54.0 Å². The quantitative estimate of drug-likeness (QED) is 0.838. The van der Waals surface area contributed by atoms with E-state index >= 15 is 0 Å². The first-order valence-electron chi connectivity index (χ1n) is 9.27. The predicted octanol–water partition coefficient (Wildman–Crippen LogP) is 2.34. The minimum atomic E-state index is -3.16. The summed E-state index contributed by atoms with van der Waals surface area (Å²) in [6.45, 7) is 4.83. The van der Waals surface area contributed by atoms with Crippen molar-refractivity contribution in [3.05, 3.63) is 22.0 Å². The number of hydrogen-bond acceptors (Lipinski definition) is 6. The molecule has 3 heterocycles. The fourth-order valence-electron chi connectivity index (χ4n) is 3.68. The highest BCUT2D eigenvalue weighted by Gasteiger charge is 2.30. The monoisotopic (exact) mass is 408 g/mol. The van der Waals surface area contributed by atoms with Crippen molar-refractivity contribution in [1.29, 1.82) is 0 Å². The molecule has 0 spiro atoms. The Bertz CT molecular complexity index is 1000. The smallest absolute Gasteiger partial charge is 0.261 e. The molecule has 0 unspecified atom stereocenters. The number of aromatic nitrogens is 2. The van der Waals surface area contributed by atoms with E-state index in [1.165, 1.54) is 21.9 Å². The summed E-state index contributed by atoms with van der Waals surface area (Å²) in [5.41, 5.74) is 1.87. The summed E-state index contributed by atoms with van der Waals surface area (Å²) in [4.78, 5) is 23.8. The number of aryl methyl sites for hydroxylation is 2. The van der Waals surface area contributed by atoms with Crippen LogP contribution in [0, 0.1) is 13.8 Å². The van der Waals surface area contributed by atoms with Crippen molar-refractivity contribution in [3.63, 3.8) is 0 Å². The molecule has 0 atom stereocenters. The molecule has 0 bridgehead atoms. The number of carbonyl (C=O) groups excluding carboxylic acids is 1. The Morgan fingerprint density at radius 3 is 2.41 bits per heavy atom. The second-order valence-electron chi connectivity index (χ2n) is 7.59. The third kappa shape index (κ3) is 3.72. The Morgan fingerprint density at radius 1 is 1.15 bits per heavy atom. The van der Waals surface area contributed by atoms with Gasteiger partial charge in [0.05, 0.1) is 16.8 Å². The lowest BCUT2D eigenvalue weighted by Gasteiger charge is -2.30. The summed E-state index contributed by atoms with van der Waals surface area (Å²) in [6.07, 6.45) is 4.79. The van der Waals surface area contributed by atoms with Gasteiger partial charge in [-0.2, -0.15) is 0 Å². The highest BCUT2D eigenvalue weighted by atomic mass is 32.2. The number of hydrogen-bond donors (Lipinski definition) is 1. The Balaban J connectivity index is 1.51. The zero-order valence-electron chi connectivity index (χ0n) is 15.8. The Labute approximate surface area is 163 Å². The molecular formula is C18H24N4O3S2. The van der Waals surface area contributed by atoms with Crippen molar-refractivity contribution in [2.75, 3.05) is 19.3 Å². The van der Waals surface area contributed by atoms with Crippen LogP contribution in [0.1, 0.15) is 58.4 Å². The van der Waals surface area contributed by atoms with Crippen molar-refractivity contribution >= 4 is 37.5 Å². The zero-order chi connectivity index (χ0) is 19.3. The summed E-state index contributed by atoms with van der Waals surface area (Å²) >= 11 is 1.43. The molecule has 4 rings (SSSR count). The summed E-state index contributed by atoms with van der Waals surface area (Å²) < 4.78 is 24.7. The minimum absolute atomic E-state index is 0.00526. The average molecular weight is 409 g/mol. The van der Waals surface area contributed by atoms with E-state index in [4.69, 9.17) is 4.98 Å². The zero-order valence-corrected chi connectivity index (χ0v) is 17.4. The molecule has 9 heteroatoms. The maximum absolute atomic E-state index is 12.8. The molecule has 7 nitrogen and oxygen atoms in total. The van der Waals surface area contributed by atoms with Crippen LogP contribution in [-0.2, 0) is 10.0 Å². The van der Waals surface area contributed by atoms with Crippen LogP contribution in [0.25, 0.3) is 10.2 Å². The van der Waals surface area contributed by atoms with E-state index in [0.29, 0.717) is 36.7 Å². The van der Waals surface area contributed by atoms with E-state index < -0.39 is 10.0 Å². The maximum atomic E-state index is 12.8. The van der Waals surface area contributed by atoms with Crippen LogP contribution in [0.4, 0.5) is 0 Å². The molecule has 146 valence electrons. The molecule has 2 aromatic heterocycles. The topological polar surface area (TPSA) is 92.3 Å². The van der Waals surface area contributed by atoms with Gasteiger partial charge in [-0.25, -0.2) is 22.7 Å².